The van der Waals surface area contributed by atoms with Crippen molar-refractivity contribution in [3.8, 4) is 0 Å². The number of amides is 1. The summed E-state index contributed by atoms with van der Waals surface area (Å²) in [4.78, 5) is 11.6. The fourth-order valence-electron chi connectivity index (χ4n) is 0.675. The number of rotatable bonds is 1. The van der Waals surface area contributed by atoms with Gasteiger partial charge in [-0.25, -0.2) is 0 Å². The first-order valence-corrected chi connectivity index (χ1v) is 3.66. The zero-order valence-corrected chi connectivity index (χ0v) is 6.32. The topological polar surface area (TPSA) is 20.3 Å². The van der Waals surface area contributed by atoms with E-state index in [1.54, 1.807) is 4.90 Å². The molecule has 52 valence electrons. The van der Waals surface area contributed by atoms with Gasteiger partial charge in [0.25, 0.3) is 5.91 Å². The summed E-state index contributed by atoms with van der Waals surface area (Å²) in [6.07, 6.45) is 1.08. The van der Waals surface area contributed by atoms with Gasteiger partial charge in [-0.15, -0.1) is 0 Å². The number of carbonyl (C=O) groups excluding carboxylic acids is 1. The second-order valence-electron chi connectivity index (χ2n) is 1.98. The van der Waals surface area contributed by atoms with Crippen LogP contribution in [0.1, 0.15) is 6.42 Å². The van der Waals surface area contributed by atoms with Crippen molar-refractivity contribution in [1.82, 2.24) is 4.90 Å². The molecule has 0 spiro atoms. The van der Waals surface area contributed by atoms with Crippen LogP contribution in [-0.2, 0) is 4.79 Å². The first-order chi connectivity index (χ1) is 4.22. The van der Waals surface area contributed by atoms with E-state index >= 15 is 0 Å². The van der Waals surface area contributed by atoms with Gasteiger partial charge in [-0.1, -0.05) is 23.2 Å². The van der Waals surface area contributed by atoms with Crippen LogP contribution in [0.25, 0.3) is 0 Å². The van der Waals surface area contributed by atoms with E-state index in [1.807, 2.05) is 0 Å². The Morgan fingerprint density at radius 3 is 2.11 bits per heavy atom. The minimum atomic E-state index is -0.870. The van der Waals surface area contributed by atoms with Gasteiger partial charge in [0.2, 0.25) is 0 Å². The lowest BCUT2D eigenvalue weighted by atomic mass is 10.2. The Bertz CT molecular complexity index is 122. The molecule has 1 fully saturated rings. The monoisotopic (exact) mass is 167 g/mol. The van der Waals surface area contributed by atoms with Crippen LogP contribution in [-0.4, -0.2) is 28.7 Å². The van der Waals surface area contributed by atoms with E-state index in [2.05, 4.69) is 0 Å². The van der Waals surface area contributed by atoms with Crippen molar-refractivity contribution in [2.24, 2.45) is 0 Å². The van der Waals surface area contributed by atoms with Crippen LogP contribution in [0.4, 0.5) is 0 Å². The Labute approximate surface area is 63.7 Å². The van der Waals surface area contributed by atoms with E-state index < -0.39 is 4.84 Å². The lowest BCUT2D eigenvalue weighted by Gasteiger charge is -2.31. The first kappa shape index (κ1) is 7.16. The van der Waals surface area contributed by atoms with Crippen molar-refractivity contribution in [3.05, 3.63) is 0 Å². The summed E-state index contributed by atoms with van der Waals surface area (Å²) in [5, 5.41) is 0. The number of likely N-dealkylation sites (tertiary alicyclic amines) is 1. The third-order valence-electron chi connectivity index (χ3n) is 1.35. The summed E-state index contributed by atoms with van der Waals surface area (Å²) in [6.45, 7) is 1.63. The predicted molar refractivity (Wildman–Crippen MR) is 36.7 cm³/mol. The largest absolute Gasteiger partial charge is 0.340 e. The van der Waals surface area contributed by atoms with Crippen LogP contribution in [0.5, 0.6) is 0 Å². The van der Waals surface area contributed by atoms with Gasteiger partial charge in [-0.2, -0.15) is 0 Å². The number of carbonyl (C=O) groups is 1. The van der Waals surface area contributed by atoms with Crippen molar-refractivity contribution >= 4 is 29.1 Å². The number of nitrogens with zero attached hydrogens (tertiary/aromatic N) is 1. The molecule has 0 aromatic heterocycles. The highest BCUT2D eigenvalue weighted by atomic mass is 35.5. The third-order valence-corrected chi connectivity index (χ3v) is 1.73. The highest BCUT2D eigenvalue weighted by Crippen LogP contribution is 2.12. The van der Waals surface area contributed by atoms with Gasteiger partial charge < -0.3 is 4.90 Å². The molecule has 0 aromatic carbocycles. The molecular formula is C5H7Cl2NO. The minimum absolute atomic E-state index is 0.162. The van der Waals surface area contributed by atoms with E-state index in [9.17, 15) is 4.79 Å². The van der Waals surface area contributed by atoms with Crippen molar-refractivity contribution in [2.45, 2.75) is 11.3 Å². The maximum atomic E-state index is 10.8. The Hall–Kier alpha value is 0.0500. The van der Waals surface area contributed by atoms with Gasteiger partial charge in [0, 0.05) is 13.1 Å². The molecular weight excluding hydrogens is 161 g/mol. The fourth-order valence-corrected chi connectivity index (χ4v) is 0.951. The summed E-state index contributed by atoms with van der Waals surface area (Å²) in [5.41, 5.74) is 0. The normalized spacial score (nSPS) is 17.9. The Morgan fingerprint density at radius 1 is 1.44 bits per heavy atom. The molecule has 0 aromatic rings. The van der Waals surface area contributed by atoms with E-state index in [1.165, 1.54) is 0 Å². The zero-order valence-electron chi connectivity index (χ0n) is 4.81. The molecule has 0 atom stereocenters. The molecule has 1 aliphatic rings. The number of halogens is 2. The van der Waals surface area contributed by atoms with Crippen LogP contribution >= 0.6 is 23.2 Å². The summed E-state index contributed by atoms with van der Waals surface area (Å²) in [5.74, 6) is -0.162. The summed E-state index contributed by atoms with van der Waals surface area (Å²) < 4.78 is 0. The smallest absolute Gasteiger partial charge is 0.255 e. The molecule has 0 aliphatic carbocycles. The molecule has 0 saturated carbocycles. The summed E-state index contributed by atoms with van der Waals surface area (Å²) >= 11 is 10.6. The zero-order chi connectivity index (χ0) is 6.85. The van der Waals surface area contributed by atoms with Gasteiger partial charge in [0.15, 0.2) is 4.84 Å². The molecule has 0 unspecified atom stereocenters. The molecule has 1 saturated heterocycles. The van der Waals surface area contributed by atoms with Crippen molar-refractivity contribution < 1.29 is 4.79 Å². The van der Waals surface area contributed by atoms with Gasteiger partial charge in [-0.3, -0.25) is 4.79 Å². The molecule has 0 radical (unpaired) electrons. The molecule has 9 heavy (non-hydrogen) atoms. The molecule has 1 rings (SSSR count). The Balaban J connectivity index is 2.32. The second-order valence-corrected chi connectivity index (χ2v) is 3.08. The lowest BCUT2D eigenvalue weighted by Crippen LogP contribution is -2.44. The van der Waals surface area contributed by atoms with Crippen LogP contribution in [0.15, 0.2) is 0 Å². The van der Waals surface area contributed by atoms with Crippen molar-refractivity contribution in [1.29, 1.82) is 0 Å². The number of hydrogen-bond acceptors (Lipinski definition) is 1. The van der Waals surface area contributed by atoms with Crippen molar-refractivity contribution in [2.75, 3.05) is 13.1 Å². The lowest BCUT2D eigenvalue weighted by molar-refractivity contribution is -0.132. The second kappa shape index (κ2) is 2.76. The van der Waals surface area contributed by atoms with E-state index in [4.69, 9.17) is 23.2 Å². The van der Waals surface area contributed by atoms with Crippen LogP contribution in [0.2, 0.25) is 0 Å². The number of hydrogen-bond donors (Lipinski definition) is 0. The van der Waals surface area contributed by atoms with E-state index in [-0.39, 0.29) is 5.91 Å². The summed E-state index contributed by atoms with van der Waals surface area (Å²) in [6, 6.07) is 0. The maximum absolute atomic E-state index is 10.8. The van der Waals surface area contributed by atoms with Crippen LogP contribution in [0, 0.1) is 0 Å². The summed E-state index contributed by atoms with van der Waals surface area (Å²) in [7, 11) is 0. The predicted octanol–water partition coefficient (Wildman–Crippen LogP) is 1.02. The van der Waals surface area contributed by atoms with E-state index in [0.717, 1.165) is 19.5 Å². The molecule has 1 heterocycles. The molecule has 0 bridgehead atoms. The maximum Gasteiger partial charge on any atom is 0.255 e. The first-order valence-electron chi connectivity index (χ1n) is 2.79. The van der Waals surface area contributed by atoms with Crippen LogP contribution in [0.3, 0.4) is 0 Å². The van der Waals surface area contributed by atoms with E-state index in [0.29, 0.717) is 0 Å². The Kier molecular flexibility index (Phi) is 2.19. The van der Waals surface area contributed by atoms with Gasteiger partial charge >= 0.3 is 0 Å². The minimum Gasteiger partial charge on any atom is -0.340 e. The highest BCUT2D eigenvalue weighted by molar-refractivity contribution is 6.53. The van der Waals surface area contributed by atoms with Crippen LogP contribution < -0.4 is 0 Å². The molecule has 1 aliphatic heterocycles. The van der Waals surface area contributed by atoms with Crippen molar-refractivity contribution in [3.63, 3.8) is 0 Å². The van der Waals surface area contributed by atoms with Gasteiger partial charge in [0.05, 0.1) is 0 Å². The molecule has 1 amide bonds. The fraction of sp³-hybridized carbons (Fsp3) is 0.800. The molecule has 2 nitrogen and oxygen atoms in total. The van der Waals surface area contributed by atoms with Gasteiger partial charge in [0.1, 0.15) is 0 Å². The average Bonchev–Trinajstić information content (AvgIpc) is 1.60. The molecule has 0 N–H and O–H groups in total. The standard InChI is InChI=1S/C5H7Cl2NO/c6-4(7)5(9)8-2-1-3-8/h4H,1-3H2. The highest BCUT2D eigenvalue weighted by Gasteiger charge is 2.24. The Morgan fingerprint density at radius 2 is 2.00 bits per heavy atom. The SMILES string of the molecule is O=C(C(Cl)Cl)N1CCC1. The van der Waals surface area contributed by atoms with Gasteiger partial charge in [-0.05, 0) is 6.42 Å². The average molecular weight is 168 g/mol. The quantitative estimate of drug-likeness (QED) is 0.535. The molecule has 4 heteroatoms. The number of alkyl halides is 2. The third kappa shape index (κ3) is 1.49.